The molecule has 5 rings (SSSR count). The zero-order valence-electron chi connectivity index (χ0n) is 20.3. The summed E-state index contributed by atoms with van der Waals surface area (Å²) in [5.41, 5.74) is 11.5. The predicted molar refractivity (Wildman–Crippen MR) is 145 cm³/mol. The summed E-state index contributed by atoms with van der Waals surface area (Å²) in [6, 6.07) is 17.9. The van der Waals surface area contributed by atoms with Crippen LogP contribution in [-0.4, -0.2) is 33.5 Å². The Bertz CT molecular complexity index is 1570. The number of carbonyl (C=O) groups excluding carboxylic acids is 1. The van der Waals surface area contributed by atoms with Crippen LogP contribution in [-0.2, 0) is 7.05 Å². The highest BCUT2D eigenvalue weighted by atomic mass is 35.5. The number of rotatable bonds is 8. The molecule has 7 nitrogen and oxygen atoms in total. The van der Waals surface area contributed by atoms with E-state index in [1.165, 1.54) is 0 Å². The number of amides is 1. The smallest absolute Gasteiger partial charge is 0.300 e. The van der Waals surface area contributed by atoms with Crippen LogP contribution in [0.2, 0.25) is 5.02 Å². The van der Waals surface area contributed by atoms with Gasteiger partial charge in [-0.2, -0.15) is 4.98 Å². The zero-order chi connectivity index (χ0) is 25.2. The maximum absolute atomic E-state index is 12.6. The molecule has 0 fully saturated rings. The minimum Gasteiger partial charge on any atom is -0.426 e. The van der Waals surface area contributed by atoms with Crippen LogP contribution >= 0.6 is 11.6 Å². The van der Waals surface area contributed by atoms with E-state index in [1.807, 2.05) is 44.4 Å². The fraction of sp³-hybridized carbons (Fsp3) is 0.214. The fourth-order valence-electron chi connectivity index (χ4n) is 4.31. The Kier molecular flexibility index (Phi) is 6.67. The molecule has 0 aliphatic heterocycles. The topological polar surface area (TPSA) is 98.0 Å². The molecular formula is C28H28ClN5O2. The molecule has 0 spiro atoms. The Hall–Kier alpha value is -3.81. The van der Waals surface area contributed by atoms with Crippen LogP contribution in [0.5, 0.6) is 11.8 Å². The molecule has 2 heterocycles. The Balaban J connectivity index is 1.39. The quantitative estimate of drug-likeness (QED) is 0.229. The number of hydrogen-bond donors (Lipinski definition) is 3. The van der Waals surface area contributed by atoms with E-state index in [1.54, 1.807) is 6.07 Å². The van der Waals surface area contributed by atoms with Crippen molar-refractivity contribution in [3.63, 3.8) is 0 Å². The second-order valence-electron chi connectivity index (χ2n) is 8.92. The van der Waals surface area contributed by atoms with E-state index in [9.17, 15) is 4.79 Å². The molecule has 0 bridgehead atoms. The second kappa shape index (κ2) is 10.0. The van der Waals surface area contributed by atoms with Crippen molar-refractivity contribution in [2.24, 2.45) is 12.8 Å². The van der Waals surface area contributed by atoms with Gasteiger partial charge in [0.25, 0.3) is 11.9 Å². The van der Waals surface area contributed by atoms with E-state index in [2.05, 4.69) is 44.1 Å². The lowest BCUT2D eigenvalue weighted by molar-refractivity contribution is 0.0952. The zero-order valence-corrected chi connectivity index (χ0v) is 21.0. The van der Waals surface area contributed by atoms with E-state index in [-0.39, 0.29) is 5.91 Å². The molecule has 184 valence electrons. The number of fused-ring (bicyclic) bond motifs is 2. The Labute approximate surface area is 214 Å². The first kappa shape index (κ1) is 23.9. The van der Waals surface area contributed by atoms with Crippen molar-refractivity contribution in [1.82, 2.24) is 19.9 Å². The lowest BCUT2D eigenvalue weighted by Crippen LogP contribution is -2.25. The number of nitrogens with one attached hydrogen (secondary N) is 2. The first-order valence-electron chi connectivity index (χ1n) is 11.9. The molecule has 36 heavy (non-hydrogen) atoms. The number of unbranched alkanes of at least 4 members (excludes halogenated alkanes) is 1. The van der Waals surface area contributed by atoms with Crippen LogP contribution in [0.15, 0.2) is 60.8 Å². The Morgan fingerprint density at radius 2 is 2.00 bits per heavy atom. The normalized spacial score (nSPS) is 11.3. The SMILES string of the molecule is Cc1ccc(Oc2nc3cc(-c4ccc5c(ccn5C)c4)c(Cl)cc3[nH]2)cc1C(=O)NCCCCN. The third-order valence-electron chi connectivity index (χ3n) is 6.33. The minimum atomic E-state index is -0.133. The molecule has 0 saturated heterocycles. The lowest BCUT2D eigenvalue weighted by atomic mass is 10.0. The Morgan fingerprint density at radius 3 is 2.83 bits per heavy atom. The van der Waals surface area contributed by atoms with Gasteiger partial charge in [0.1, 0.15) is 5.75 Å². The predicted octanol–water partition coefficient (Wildman–Crippen LogP) is 5.94. The van der Waals surface area contributed by atoms with Crippen LogP contribution < -0.4 is 15.8 Å². The molecule has 0 unspecified atom stereocenters. The van der Waals surface area contributed by atoms with Crippen molar-refractivity contribution in [2.45, 2.75) is 19.8 Å². The maximum atomic E-state index is 12.6. The molecule has 0 saturated carbocycles. The summed E-state index contributed by atoms with van der Waals surface area (Å²) in [7, 11) is 2.03. The van der Waals surface area contributed by atoms with Gasteiger partial charge in [-0.25, -0.2) is 0 Å². The number of halogens is 1. The van der Waals surface area contributed by atoms with Gasteiger partial charge in [-0.15, -0.1) is 0 Å². The van der Waals surface area contributed by atoms with Crippen molar-refractivity contribution >= 4 is 39.4 Å². The molecule has 1 amide bonds. The molecule has 5 aromatic rings. The number of nitrogens with zero attached hydrogens (tertiary/aromatic N) is 2. The van der Waals surface area contributed by atoms with Crippen LogP contribution in [0.3, 0.4) is 0 Å². The average Bonchev–Trinajstić information content (AvgIpc) is 3.44. The van der Waals surface area contributed by atoms with Crippen molar-refractivity contribution in [3.05, 3.63) is 76.9 Å². The summed E-state index contributed by atoms with van der Waals surface area (Å²) in [6.07, 6.45) is 3.76. The number of carbonyl (C=O) groups is 1. The molecule has 2 aromatic heterocycles. The highest BCUT2D eigenvalue weighted by Crippen LogP contribution is 2.34. The number of aryl methyl sites for hydroxylation is 2. The van der Waals surface area contributed by atoms with Crippen LogP contribution in [0.4, 0.5) is 0 Å². The van der Waals surface area contributed by atoms with Crippen LogP contribution in [0.1, 0.15) is 28.8 Å². The first-order chi connectivity index (χ1) is 17.4. The summed E-state index contributed by atoms with van der Waals surface area (Å²) in [6.45, 7) is 3.10. The molecule has 8 heteroatoms. The highest BCUT2D eigenvalue weighted by Gasteiger charge is 2.14. The Morgan fingerprint density at radius 1 is 1.14 bits per heavy atom. The molecule has 0 aliphatic carbocycles. The summed E-state index contributed by atoms with van der Waals surface area (Å²) in [4.78, 5) is 20.4. The number of nitrogens with two attached hydrogens (primary N) is 1. The van der Waals surface area contributed by atoms with Crippen molar-refractivity contribution in [3.8, 4) is 22.9 Å². The number of ether oxygens (including phenoxy) is 1. The van der Waals surface area contributed by atoms with Gasteiger partial charge in [-0.05, 0) is 79.9 Å². The molecule has 0 aliphatic rings. The number of aromatic nitrogens is 3. The number of H-pyrrole nitrogens is 1. The lowest BCUT2D eigenvalue weighted by Gasteiger charge is -2.09. The van der Waals surface area contributed by atoms with Crippen LogP contribution in [0.25, 0.3) is 33.1 Å². The third kappa shape index (κ3) is 4.80. The van der Waals surface area contributed by atoms with E-state index < -0.39 is 0 Å². The van der Waals surface area contributed by atoms with Gasteiger partial charge in [0.2, 0.25) is 0 Å². The molecular weight excluding hydrogens is 474 g/mol. The minimum absolute atomic E-state index is 0.133. The van der Waals surface area contributed by atoms with Gasteiger partial charge in [-0.1, -0.05) is 23.7 Å². The van der Waals surface area contributed by atoms with E-state index >= 15 is 0 Å². The van der Waals surface area contributed by atoms with Gasteiger partial charge in [-0.3, -0.25) is 4.79 Å². The largest absolute Gasteiger partial charge is 0.426 e. The molecule has 0 atom stereocenters. The molecule has 0 radical (unpaired) electrons. The van der Waals surface area contributed by atoms with Gasteiger partial charge in [0, 0.05) is 41.8 Å². The number of imidazole rings is 1. The highest BCUT2D eigenvalue weighted by molar-refractivity contribution is 6.34. The summed E-state index contributed by atoms with van der Waals surface area (Å²) in [5.74, 6) is 0.388. The van der Waals surface area contributed by atoms with Crippen molar-refractivity contribution < 1.29 is 9.53 Å². The number of hydrogen-bond acceptors (Lipinski definition) is 4. The van der Waals surface area contributed by atoms with E-state index in [4.69, 9.17) is 22.1 Å². The molecule has 4 N–H and O–H groups in total. The summed E-state index contributed by atoms with van der Waals surface area (Å²) < 4.78 is 8.08. The monoisotopic (exact) mass is 501 g/mol. The standard InChI is InChI=1S/C28H28ClN5O2/c1-17-5-7-20(14-21(17)27(35)31-11-4-3-10-30)36-28-32-24-15-22(23(29)16-25(24)33-28)18-6-8-26-19(13-18)9-12-34(26)2/h5-9,12-16H,3-4,10-11,30H2,1-2H3,(H,31,35)(H,32,33). The summed E-state index contributed by atoms with van der Waals surface area (Å²) >= 11 is 6.65. The summed E-state index contributed by atoms with van der Waals surface area (Å²) in [5, 5.41) is 4.71. The average molecular weight is 502 g/mol. The van der Waals surface area contributed by atoms with Crippen LogP contribution in [0, 0.1) is 6.92 Å². The van der Waals surface area contributed by atoms with Gasteiger partial charge in [0.05, 0.1) is 16.1 Å². The van der Waals surface area contributed by atoms with E-state index in [0.717, 1.165) is 51.5 Å². The van der Waals surface area contributed by atoms with Crippen molar-refractivity contribution in [2.75, 3.05) is 13.1 Å². The first-order valence-corrected chi connectivity index (χ1v) is 12.3. The van der Waals surface area contributed by atoms with Gasteiger partial charge in [0.15, 0.2) is 0 Å². The molecule has 3 aromatic carbocycles. The fourth-order valence-corrected chi connectivity index (χ4v) is 4.59. The van der Waals surface area contributed by atoms with Crippen molar-refractivity contribution in [1.29, 1.82) is 0 Å². The third-order valence-corrected chi connectivity index (χ3v) is 6.64. The van der Waals surface area contributed by atoms with E-state index in [0.29, 0.717) is 35.4 Å². The maximum Gasteiger partial charge on any atom is 0.300 e. The number of aromatic amines is 1. The van der Waals surface area contributed by atoms with Gasteiger partial charge >= 0.3 is 0 Å². The second-order valence-corrected chi connectivity index (χ2v) is 9.33. The number of benzene rings is 3. The van der Waals surface area contributed by atoms with Gasteiger partial charge < -0.3 is 25.3 Å².